The van der Waals surface area contributed by atoms with Gasteiger partial charge in [0.15, 0.2) is 5.76 Å². The number of hydrogen-bond donors (Lipinski definition) is 1. The highest BCUT2D eigenvalue weighted by atomic mass is 19.1. The van der Waals surface area contributed by atoms with Crippen molar-refractivity contribution in [3.8, 4) is 17.3 Å². The molecule has 0 aliphatic heterocycles. The summed E-state index contributed by atoms with van der Waals surface area (Å²) in [5, 5.41) is 15.1. The van der Waals surface area contributed by atoms with Gasteiger partial charge in [-0.2, -0.15) is 4.80 Å². The molecule has 198 valence electrons. The lowest BCUT2D eigenvalue weighted by Crippen LogP contribution is -2.50. The van der Waals surface area contributed by atoms with Crippen LogP contribution in [-0.4, -0.2) is 44.7 Å². The maximum absolute atomic E-state index is 15.2. The number of halogens is 1. The molecule has 38 heavy (non-hydrogen) atoms. The van der Waals surface area contributed by atoms with Crippen LogP contribution in [0.2, 0.25) is 0 Å². The highest BCUT2D eigenvalue weighted by Crippen LogP contribution is 2.32. The Balaban J connectivity index is 1.76. The summed E-state index contributed by atoms with van der Waals surface area (Å²) >= 11 is 0. The van der Waals surface area contributed by atoms with Gasteiger partial charge in [-0.3, -0.25) is 14.5 Å². The number of carbonyl (C=O) groups is 2. The van der Waals surface area contributed by atoms with Crippen LogP contribution in [0.3, 0.4) is 0 Å². The van der Waals surface area contributed by atoms with Crippen molar-refractivity contribution in [3.05, 3.63) is 77.8 Å². The summed E-state index contributed by atoms with van der Waals surface area (Å²) in [7, 11) is 1.53. The van der Waals surface area contributed by atoms with E-state index in [4.69, 9.17) is 9.15 Å². The minimum Gasteiger partial charge on any atom is -0.497 e. The van der Waals surface area contributed by atoms with Crippen molar-refractivity contribution in [3.63, 3.8) is 0 Å². The predicted molar refractivity (Wildman–Crippen MR) is 138 cm³/mol. The number of aryl methyl sites for hydroxylation is 1. The van der Waals surface area contributed by atoms with E-state index in [0.717, 1.165) is 9.70 Å². The fourth-order valence-corrected chi connectivity index (χ4v) is 3.87. The van der Waals surface area contributed by atoms with Gasteiger partial charge in [-0.05, 0) is 74.9 Å². The summed E-state index contributed by atoms with van der Waals surface area (Å²) in [5.74, 6) is 0.0528. The molecule has 4 aromatic rings. The predicted octanol–water partition coefficient (Wildman–Crippen LogP) is 4.08. The van der Waals surface area contributed by atoms with Gasteiger partial charge in [0.25, 0.3) is 5.91 Å². The van der Waals surface area contributed by atoms with Gasteiger partial charge in [0.05, 0.1) is 12.8 Å². The van der Waals surface area contributed by atoms with Gasteiger partial charge >= 0.3 is 0 Å². The number of furan rings is 1. The summed E-state index contributed by atoms with van der Waals surface area (Å²) in [6, 6.07) is 14.7. The number of hydrogen-bond acceptors (Lipinski definition) is 7. The summed E-state index contributed by atoms with van der Waals surface area (Å²) in [6.07, 6.45) is 0. The molecule has 2 aromatic heterocycles. The third-order valence-corrected chi connectivity index (χ3v) is 5.51. The van der Waals surface area contributed by atoms with E-state index >= 15 is 4.39 Å². The largest absolute Gasteiger partial charge is 0.497 e. The zero-order valence-electron chi connectivity index (χ0n) is 21.8. The quantitative estimate of drug-likeness (QED) is 0.372. The van der Waals surface area contributed by atoms with E-state index in [0.29, 0.717) is 22.8 Å². The molecule has 11 heteroatoms. The number of carbonyl (C=O) groups excluding carboxylic acids is 2. The molecule has 0 radical (unpaired) electrons. The standard InChI is InChI=1S/C27H29FN6O4/c1-17-10-15-22(38-17)25-30-32-33(31-25)16-23(35)34(21-9-7-6-8-20(21)28)24(26(36)29-27(2,3)4)18-11-13-19(37-5)14-12-18/h6-15,24H,16H2,1-5H3,(H,29,36)/t24-/m1/s1. The Kier molecular flexibility index (Phi) is 7.56. The molecule has 2 heterocycles. The Morgan fingerprint density at radius 3 is 2.42 bits per heavy atom. The van der Waals surface area contributed by atoms with Gasteiger partial charge in [0.2, 0.25) is 11.7 Å². The number of amides is 2. The van der Waals surface area contributed by atoms with E-state index < -0.39 is 35.8 Å². The third kappa shape index (κ3) is 6.05. The fourth-order valence-electron chi connectivity index (χ4n) is 3.87. The number of nitrogens with zero attached hydrogens (tertiary/aromatic N) is 5. The van der Waals surface area contributed by atoms with Crippen LogP contribution in [0.25, 0.3) is 11.6 Å². The Morgan fingerprint density at radius 1 is 1.11 bits per heavy atom. The number of para-hydroxylation sites is 1. The lowest BCUT2D eigenvalue weighted by Gasteiger charge is -2.33. The number of tetrazole rings is 1. The molecule has 0 aliphatic carbocycles. The first-order valence-electron chi connectivity index (χ1n) is 11.9. The molecule has 0 spiro atoms. The van der Waals surface area contributed by atoms with Crippen LogP contribution in [0.4, 0.5) is 10.1 Å². The molecule has 10 nitrogen and oxygen atoms in total. The molecule has 0 unspecified atom stereocenters. The van der Waals surface area contributed by atoms with Crippen molar-refractivity contribution in [1.82, 2.24) is 25.5 Å². The number of aromatic nitrogens is 4. The van der Waals surface area contributed by atoms with Crippen LogP contribution in [0, 0.1) is 12.7 Å². The molecule has 4 rings (SSSR count). The van der Waals surface area contributed by atoms with Crippen molar-refractivity contribution in [2.75, 3.05) is 12.0 Å². The Morgan fingerprint density at radius 2 is 1.82 bits per heavy atom. The van der Waals surface area contributed by atoms with Gasteiger partial charge in [-0.1, -0.05) is 24.3 Å². The lowest BCUT2D eigenvalue weighted by atomic mass is 10.0. The lowest BCUT2D eigenvalue weighted by molar-refractivity contribution is -0.128. The smallest absolute Gasteiger partial charge is 0.251 e. The number of anilines is 1. The van der Waals surface area contributed by atoms with E-state index in [1.54, 1.807) is 49.4 Å². The van der Waals surface area contributed by atoms with Crippen LogP contribution < -0.4 is 15.0 Å². The molecule has 2 aromatic carbocycles. The van der Waals surface area contributed by atoms with E-state index in [1.165, 1.54) is 25.3 Å². The van der Waals surface area contributed by atoms with Crippen LogP contribution in [-0.2, 0) is 16.1 Å². The zero-order valence-corrected chi connectivity index (χ0v) is 21.8. The van der Waals surface area contributed by atoms with Gasteiger partial charge in [0.1, 0.15) is 29.9 Å². The average molecular weight is 521 g/mol. The minimum atomic E-state index is -1.21. The average Bonchev–Trinajstić information content (AvgIpc) is 3.51. The highest BCUT2D eigenvalue weighted by Gasteiger charge is 2.36. The molecule has 0 aliphatic rings. The zero-order chi connectivity index (χ0) is 27.4. The SMILES string of the molecule is COc1ccc([C@H](C(=O)NC(C)(C)C)N(C(=O)Cn2nnc(-c3ccc(C)o3)n2)c2ccccc2F)cc1. The third-order valence-electron chi connectivity index (χ3n) is 5.51. The Hall–Kier alpha value is -4.54. The van der Waals surface area contributed by atoms with Crippen LogP contribution in [0.5, 0.6) is 5.75 Å². The number of methoxy groups -OCH3 is 1. The monoisotopic (exact) mass is 520 g/mol. The molecule has 1 N–H and O–H groups in total. The van der Waals surface area contributed by atoms with E-state index in [1.807, 2.05) is 20.8 Å². The summed E-state index contributed by atoms with van der Waals surface area (Å²) in [4.78, 5) is 29.7. The highest BCUT2D eigenvalue weighted by molar-refractivity contribution is 6.01. The number of nitrogens with one attached hydrogen (secondary N) is 1. The summed E-state index contributed by atoms with van der Waals surface area (Å²) in [6.45, 7) is 6.84. The maximum atomic E-state index is 15.2. The van der Waals surface area contributed by atoms with Crippen molar-refractivity contribution < 1.29 is 23.1 Å². The van der Waals surface area contributed by atoms with Crippen molar-refractivity contribution >= 4 is 17.5 Å². The number of ether oxygens (including phenoxy) is 1. The molecule has 0 bridgehead atoms. The summed E-state index contributed by atoms with van der Waals surface area (Å²) < 4.78 is 25.9. The van der Waals surface area contributed by atoms with E-state index in [9.17, 15) is 9.59 Å². The Bertz CT molecular complexity index is 1420. The number of rotatable bonds is 8. The van der Waals surface area contributed by atoms with E-state index in [-0.39, 0.29) is 11.5 Å². The molecule has 1 atom stereocenters. The first-order valence-corrected chi connectivity index (χ1v) is 11.9. The first-order chi connectivity index (χ1) is 18.1. The van der Waals surface area contributed by atoms with Gasteiger partial charge in [-0.15, -0.1) is 10.2 Å². The molecular formula is C27H29FN6O4. The molecular weight excluding hydrogens is 491 g/mol. The van der Waals surface area contributed by atoms with Gasteiger partial charge in [-0.25, -0.2) is 4.39 Å². The van der Waals surface area contributed by atoms with Crippen molar-refractivity contribution in [1.29, 1.82) is 0 Å². The number of benzene rings is 2. The van der Waals surface area contributed by atoms with Crippen LogP contribution >= 0.6 is 0 Å². The normalized spacial score (nSPS) is 12.2. The molecule has 2 amide bonds. The molecule has 0 saturated carbocycles. The van der Waals surface area contributed by atoms with E-state index in [2.05, 4.69) is 20.7 Å². The second kappa shape index (κ2) is 10.8. The topological polar surface area (TPSA) is 115 Å². The molecule has 0 saturated heterocycles. The van der Waals surface area contributed by atoms with Crippen LogP contribution in [0.15, 0.2) is 65.1 Å². The maximum Gasteiger partial charge on any atom is 0.251 e. The Labute approximate surface area is 219 Å². The van der Waals surface area contributed by atoms with Crippen molar-refractivity contribution in [2.45, 2.75) is 45.8 Å². The molecule has 0 fully saturated rings. The van der Waals surface area contributed by atoms with Gasteiger partial charge in [0, 0.05) is 5.54 Å². The second-order valence-electron chi connectivity index (χ2n) is 9.68. The second-order valence-corrected chi connectivity index (χ2v) is 9.68. The van der Waals surface area contributed by atoms with Crippen LogP contribution in [0.1, 0.15) is 38.1 Å². The van der Waals surface area contributed by atoms with Crippen molar-refractivity contribution in [2.24, 2.45) is 0 Å². The van der Waals surface area contributed by atoms with Gasteiger partial charge < -0.3 is 14.5 Å². The summed E-state index contributed by atoms with van der Waals surface area (Å²) in [5.41, 5.74) is -0.221. The first kappa shape index (κ1) is 26.5. The minimum absolute atomic E-state index is 0.0654. The fraction of sp³-hybridized carbons (Fsp3) is 0.296.